The molecule has 0 aromatic carbocycles. The Kier molecular flexibility index (Phi) is 7.18. The van der Waals surface area contributed by atoms with E-state index < -0.39 is 0 Å². The van der Waals surface area contributed by atoms with Gasteiger partial charge < -0.3 is 15.4 Å². The molecule has 0 spiro atoms. The van der Waals surface area contributed by atoms with Gasteiger partial charge in [-0.1, -0.05) is 19.8 Å². The summed E-state index contributed by atoms with van der Waals surface area (Å²) in [6.07, 6.45) is 10.6. The van der Waals surface area contributed by atoms with Crippen molar-refractivity contribution in [3.05, 3.63) is 0 Å². The lowest BCUT2D eigenvalue weighted by Gasteiger charge is -2.26. The van der Waals surface area contributed by atoms with Gasteiger partial charge in [-0.2, -0.15) is 0 Å². The number of hydrogen-bond donors (Lipinski definition) is 2. The van der Waals surface area contributed by atoms with Crippen LogP contribution in [0.5, 0.6) is 0 Å². The molecule has 3 nitrogen and oxygen atoms in total. The third-order valence-electron chi connectivity index (χ3n) is 4.70. The number of hydrogen-bond acceptors (Lipinski definition) is 3. The zero-order valence-electron chi connectivity index (χ0n) is 12.6. The fraction of sp³-hybridized carbons (Fsp3) is 1.00. The van der Waals surface area contributed by atoms with Crippen LogP contribution in [0.2, 0.25) is 0 Å². The van der Waals surface area contributed by atoms with E-state index in [9.17, 15) is 0 Å². The largest absolute Gasteiger partial charge is 0.381 e. The highest BCUT2D eigenvalue weighted by molar-refractivity contribution is 4.93. The van der Waals surface area contributed by atoms with Crippen molar-refractivity contribution in [3.63, 3.8) is 0 Å². The van der Waals surface area contributed by atoms with E-state index in [2.05, 4.69) is 17.6 Å². The Morgan fingerprint density at radius 2 is 2.00 bits per heavy atom. The Balaban J connectivity index is 1.54. The molecule has 3 heteroatoms. The molecule has 1 heterocycles. The zero-order chi connectivity index (χ0) is 13.3. The number of unbranched alkanes of at least 4 members (excludes halogenated alkanes) is 1. The van der Waals surface area contributed by atoms with E-state index in [-0.39, 0.29) is 0 Å². The van der Waals surface area contributed by atoms with Crippen molar-refractivity contribution in [2.75, 3.05) is 26.3 Å². The van der Waals surface area contributed by atoms with E-state index >= 15 is 0 Å². The Labute approximate surface area is 118 Å². The van der Waals surface area contributed by atoms with Crippen molar-refractivity contribution in [2.45, 2.75) is 70.4 Å². The van der Waals surface area contributed by atoms with Gasteiger partial charge in [-0.15, -0.1) is 0 Å². The molecule has 0 amide bonds. The Morgan fingerprint density at radius 3 is 2.79 bits per heavy atom. The molecule has 0 radical (unpaired) electrons. The molecule has 0 aromatic rings. The molecule has 3 unspecified atom stereocenters. The van der Waals surface area contributed by atoms with Crippen molar-refractivity contribution >= 4 is 0 Å². The average Bonchev–Trinajstić information content (AvgIpc) is 3.08. The van der Waals surface area contributed by atoms with Crippen LogP contribution in [-0.4, -0.2) is 38.4 Å². The topological polar surface area (TPSA) is 33.3 Å². The van der Waals surface area contributed by atoms with E-state index in [0.717, 1.165) is 44.2 Å². The summed E-state index contributed by atoms with van der Waals surface area (Å²) in [7, 11) is 0. The number of ether oxygens (including phenoxy) is 1. The van der Waals surface area contributed by atoms with Gasteiger partial charge in [-0.25, -0.2) is 0 Å². The number of rotatable bonds is 9. The van der Waals surface area contributed by atoms with E-state index in [4.69, 9.17) is 4.74 Å². The molecule has 1 aliphatic carbocycles. The smallest absolute Gasteiger partial charge is 0.0478 e. The highest BCUT2D eigenvalue weighted by Crippen LogP contribution is 2.31. The second-order valence-electron chi connectivity index (χ2n) is 6.18. The predicted molar refractivity (Wildman–Crippen MR) is 80.5 cm³/mol. The van der Waals surface area contributed by atoms with Crippen LogP contribution >= 0.6 is 0 Å². The van der Waals surface area contributed by atoms with Gasteiger partial charge in [0.2, 0.25) is 0 Å². The summed E-state index contributed by atoms with van der Waals surface area (Å²) in [5.41, 5.74) is 0. The lowest BCUT2D eigenvalue weighted by molar-refractivity contribution is 0.127. The molecule has 0 bridgehead atoms. The molecular formula is C16H32N2O. The quantitative estimate of drug-likeness (QED) is 0.631. The fourth-order valence-electron chi connectivity index (χ4n) is 3.61. The van der Waals surface area contributed by atoms with Gasteiger partial charge in [0.15, 0.2) is 0 Å². The molecule has 2 fully saturated rings. The highest BCUT2D eigenvalue weighted by atomic mass is 16.5. The summed E-state index contributed by atoms with van der Waals surface area (Å²) in [4.78, 5) is 0. The first kappa shape index (κ1) is 15.3. The molecule has 1 saturated carbocycles. The summed E-state index contributed by atoms with van der Waals surface area (Å²) < 4.78 is 5.61. The Bertz CT molecular complexity index is 229. The number of nitrogens with one attached hydrogen (secondary N) is 2. The van der Waals surface area contributed by atoms with Gasteiger partial charge in [-0.3, -0.25) is 0 Å². The van der Waals surface area contributed by atoms with Crippen molar-refractivity contribution in [3.8, 4) is 0 Å². The van der Waals surface area contributed by atoms with Gasteiger partial charge in [0, 0.05) is 25.3 Å². The molecule has 112 valence electrons. The molecule has 0 aromatic heterocycles. The van der Waals surface area contributed by atoms with Crippen molar-refractivity contribution in [1.82, 2.24) is 10.6 Å². The summed E-state index contributed by atoms with van der Waals surface area (Å²) >= 11 is 0. The van der Waals surface area contributed by atoms with Crippen LogP contribution in [0.1, 0.15) is 58.3 Å². The molecular weight excluding hydrogens is 236 g/mol. The summed E-state index contributed by atoms with van der Waals surface area (Å²) in [5.74, 6) is 0.878. The van der Waals surface area contributed by atoms with Gasteiger partial charge >= 0.3 is 0 Å². The normalized spacial score (nSPS) is 31.1. The maximum atomic E-state index is 5.61. The third kappa shape index (κ3) is 5.05. The molecule has 1 aliphatic heterocycles. The molecule has 2 aliphatic rings. The van der Waals surface area contributed by atoms with Crippen LogP contribution < -0.4 is 10.6 Å². The van der Waals surface area contributed by atoms with E-state index in [0.29, 0.717) is 0 Å². The predicted octanol–water partition coefficient (Wildman–Crippen LogP) is 2.70. The van der Waals surface area contributed by atoms with Gasteiger partial charge in [-0.05, 0) is 57.5 Å². The van der Waals surface area contributed by atoms with Gasteiger partial charge in [0.25, 0.3) is 0 Å². The molecule has 2 rings (SSSR count). The van der Waals surface area contributed by atoms with Crippen LogP contribution in [-0.2, 0) is 4.74 Å². The third-order valence-corrected chi connectivity index (χ3v) is 4.70. The van der Waals surface area contributed by atoms with E-state index in [1.165, 1.54) is 51.5 Å². The van der Waals surface area contributed by atoms with E-state index in [1.54, 1.807) is 0 Å². The maximum Gasteiger partial charge on any atom is 0.0478 e. The second kappa shape index (κ2) is 8.93. The Morgan fingerprint density at radius 1 is 1.11 bits per heavy atom. The minimum atomic E-state index is 0.756. The standard InChI is InChI=1S/C16H32N2O/c1-2-3-12-19-13-6-11-18-15-8-4-7-14(15)16-9-5-10-17-16/h14-18H,2-13H2,1H3. The minimum Gasteiger partial charge on any atom is -0.381 e. The summed E-state index contributed by atoms with van der Waals surface area (Å²) in [6, 6.07) is 1.55. The second-order valence-corrected chi connectivity index (χ2v) is 6.18. The first-order chi connectivity index (χ1) is 9.42. The SMILES string of the molecule is CCCCOCCCNC1CCCC1C1CCCN1. The minimum absolute atomic E-state index is 0.756. The summed E-state index contributed by atoms with van der Waals surface area (Å²) in [6.45, 7) is 6.43. The first-order valence-corrected chi connectivity index (χ1v) is 8.46. The van der Waals surface area contributed by atoms with Gasteiger partial charge in [0.05, 0.1) is 0 Å². The fourth-order valence-corrected chi connectivity index (χ4v) is 3.61. The average molecular weight is 268 g/mol. The summed E-state index contributed by atoms with van der Waals surface area (Å²) in [5, 5.41) is 7.47. The lowest BCUT2D eigenvalue weighted by Crippen LogP contribution is -2.42. The molecule has 2 N–H and O–H groups in total. The lowest BCUT2D eigenvalue weighted by atomic mass is 9.93. The van der Waals surface area contributed by atoms with Crippen LogP contribution in [0.15, 0.2) is 0 Å². The van der Waals surface area contributed by atoms with Crippen LogP contribution in [0.4, 0.5) is 0 Å². The van der Waals surface area contributed by atoms with Gasteiger partial charge in [0.1, 0.15) is 0 Å². The van der Waals surface area contributed by atoms with Crippen molar-refractivity contribution in [1.29, 1.82) is 0 Å². The molecule has 3 atom stereocenters. The van der Waals surface area contributed by atoms with Crippen molar-refractivity contribution in [2.24, 2.45) is 5.92 Å². The molecule has 19 heavy (non-hydrogen) atoms. The Hall–Kier alpha value is -0.120. The van der Waals surface area contributed by atoms with Crippen LogP contribution in [0, 0.1) is 5.92 Å². The zero-order valence-corrected chi connectivity index (χ0v) is 12.6. The van der Waals surface area contributed by atoms with E-state index in [1.807, 2.05) is 0 Å². The monoisotopic (exact) mass is 268 g/mol. The molecule has 1 saturated heterocycles. The maximum absolute atomic E-state index is 5.61. The highest BCUT2D eigenvalue weighted by Gasteiger charge is 2.34. The van der Waals surface area contributed by atoms with Crippen LogP contribution in [0.25, 0.3) is 0 Å². The van der Waals surface area contributed by atoms with Crippen LogP contribution in [0.3, 0.4) is 0 Å². The first-order valence-electron chi connectivity index (χ1n) is 8.46. The van der Waals surface area contributed by atoms with Crippen molar-refractivity contribution < 1.29 is 4.74 Å².